The Kier molecular flexibility index (Phi) is 3.12. The predicted octanol–water partition coefficient (Wildman–Crippen LogP) is 2.12. The Hall–Kier alpha value is -0.370. The fourth-order valence-corrected chi connectivity index (χ4v) is 2.03. The molecule has 1 saturated carbocycles. The number of Topliss-reactive ketones (excluding diaryl/α,β-unsaturated/α-hetero) is 1. The lowest BCUT2D eigenvalue weighted by Gasteiger charge is -2.35. The minimum absolute atomic E-state index is 0.172. The molecule has 2 N–H and O–H groups in total. The molecule has 1 aliphatic rings. The molecule has 0 aliphatic heterocycles. The lowest BCUT2D eigenvalue weighted by atomic mass is 9.73. The predicted molar refractivity (Wildman–Crippen MR) is 54.4 cm³/mol. The molecule has 0 amide bonds. The Morgan fingerprint density at radius 3 is 2.15 bits per heavy atom. The van der Waals surface area contributed by atoms with Gasteiger partial charge in [-0.3, -0.25) is 4.79 Å². The summed E-state index contributed by atoms with van der Waals surface area (Å²) in [7, 11) is 0. The molecule has 0 aromatic heterocycles. The Bertz CT molecular complexity index is 183. The molecule has 76 valence electrons. The normalized spacial score (nSPS) is 23.2. The van der Waals surface area contributed by atoms with Crippen LogP contribution < -0.4 is 5.73 Å². The van der Waals surface area contributed by atoms with Gasteiger partial charge in [-0.05, 0) is 24.2 Å². The molecule has 2 heteroatoms. The Morgan fingerprint density at radius 1 is 1.31 bits per heavy atom. The van der Waals surface area contributed by atoms with Gasteiger partial charge >= 0.3 is 0 Å². The second-order valence-electron chi connectivity index (χ2n) is 5.27. The van der Waals surface area contributed by atoms with Crippen LogP contribution in [0.3, 0.4) is 0 Å². The summed E-state index contributed by atoms with van der Waals surface area (Å²) in [5.41, 5.74) is 6.33. The van der Waals surface area contributed by atoms with Gasteiger partial charge in [0, 0.05) is 18.9 Å². The van der Waals surface area contributed by atoms with Gasteiger partial charge in [0.15, 0.2) is 0 Å². The maximum absolute atomic E-state index is 11.0. The van der Waals surface area contributed by atoms with Crippen LogP contribution in [0.15, 0.2) is 0 Å². The van der Waals surface area contributed by atoms with Gasteiger partial charge in [0.05, 0.1) is 0 Å². The van der Waals surface area contributed by atoms with E-state index in [9.17, 15) is 4.79 Å². The van der Waals surface area contributed by atoms with E-state index in [2.05, 4.69) is 20.8 Å². The summed E-state index contributed by atoms with van der Waals surface area (Å²) < 4.78 is 0. The SMILES string of the molecule is CC(C)(C)C(N)C1CCC(=O)CC1. The number of hydrogen-bond donors (Lipinski definition) is 1. The minimum Gasteiger partial charge on any atom is -0.327 e. The van der Waals surface area contributed by atoms with Gasteiger partial charge in [0.25, 0.3) is 0 Å². The van der Waals surface area contributed by atoms with Gasteiger partial charge < -0.3 is 5.73 Å². The third kappa shape index (κ3) is 2.80. The first kappa shape index (κ1) is 10.7. The lowest BCUT2D eigenvalue weighted by Crippen LogP contribution is -2.43. The van der Waals surface area contributed by atoms with Crippen molar-refractivity contribution < 1.29 is 4.79 Å². The molecule has 13 heavy (non-hydrogen) atoms. The van der Waals surface area contributed by atoms with E-state index < -0.39 is 0 Å². The molecule has 0 spiro atoms. The van der Waals surface area contributed by atoms with Crippen LogP contribution in [0.5, 0.6) is 0 Å². The highest BCUT2D eigenvalue weighted by atomic mass is 16.1. The van der Waals surface area contributed by atoms with Crippen LogP contribution in [-0.4, -0.2) is 11.8 Å². The molecule has 1 unspecified atom stereocenters. The quantitative estimate of drug-likeness (QED) is 0.676. The number of rotatable bonds is 1. The highest BCUT2D eigenvalue weighted by molar-refractivity contribution is 5.79. The molecule has 1 fully saturated rings. The largest absolute Gasteiger partial charge is 0.327 e. The molecule has 1 rings (SSSR count). The lowest BCUT2D eigenvalue weighted by molar-refractivity contribution is -0.121. The molecule has 0 aromatic carbocycles. The molecule has 1 aliphatic carbocycles. The third-order valence-electron chi connectivity index (χ3n) is 3.10. The number of hydrogen-bond acceptors (Lipinski definition) is 2. The number of ketones is 1. The zero-order chi connectivity index (χ0) is 10.1. The third-order valence-corrected chi connectivity index (χ3v) is 3.10. The summed E-state index contributed by atoms with van der Waals surface area (Å²) in [4.78, 5) is 11.0. The van der Waals surface area contributed by atoms with E-state index in [4.69, 9.17) is 5.73 Å². The average molecular weight is 183 g/mol. The van der Waals surface area contributed by atoms with Crippen molar-refractivity contribution in [3.05, 3.63) is 0 Å². The maximum atomic E-state index is 11.0. The minimum atomic E-state index is 0.172. The van der Waals surface area contributed by atoms with Crippen molar-refractivity contribution in [1.82, 2.24) is 0 Å². The van der Waals surface area contributed by atoms with Crippen LogP contribution in [0.4, 0.5) is 0 Å². The Labute approximate surface area is 80.9 Å². The van der Waals surface area contributed by atoms with Gasteiger partial charge in [-0.1, -0.05) is 20.8 Å². The van der Waals surface area contributed by atoms with Gasteiger partial charge in [-0.2, -0.15) is 0 Å². The van der Waals surface area contributed by atoms with Crippen LogP contribution in [-0.2, 0) is 4.79 Å². The number of carbonyl (C=O) groups excluding carboxylic acids is 1. The van der Waals surface area contributed by atoms with Crippen molar-refractivity contribution in [3.63, 3.8) is 0 Å². The monoisotopic (exact) mass is 183 g/mol. The highest BCUT2D eigenvalue weighted by Gasteiger charge is 2.31. The van der Waals surface area contributed by atoms with E-state index >= 15 is 0 Å². The fraction of sp³-hybridized carbons (Fsp3) is 0.909. The van der Waals surface area contributed by atoms with Crippen molar-refractivity contribution in [2.75, 3.05) is 0 Å². The van der Waals surface area contributed by atoms with Crippen molar-refractivity contribution in [2.45, 2.75) is 52.5 Å². The van der Waals surface area contributed by atoms with Crippen molar-refractivity contribution in [2.24, 2.45) is 17.1 Å². The van der Waals surface area contributed by atoms with Crippen LogP contribution in [0.1, 0.15) is 46.5 Å². The van der Waals surface area contributed by atoms with Crippen molar-refractivity contribution in [3.8, 4) is 0 Å². The van der Waals surface area contributed by atoms with Gasteiger partial charge in [0.1, 0.15) is 5.78 Å². The standard InChI is InChI=1S/C11H21NO/c1-11(2,3)10(12)8-4-6-9(13)7-5-8/h8,10H,4-7,12H2,1-3H3. The zero-order valence-corrected chi connectivity index (χ0v) is 8.97. The highest BCUT2D eigenvalue weighted by Crippen LogP contribution is 2.32. The van der Waals surface area contributed by atoms with Crippen LogP contribution in [0, 0.1) is 11.3 Å². The summed E-state index contributed by atoms with van der Waals surface area (Å²) in [6.07, 6.45) is 3.48. The topological polar surface area (TPSA) is 43.1 Å². The summed E-state index contributed by atoms with van der Waals surface area (Å²) in [5, 5.41) is 0. The first-order valence-corrected chi connectivity index (χ1v) is 5.18. The van der Waals surface area contributed by atoms with Gasteiger partial charge in [-0.25, -0.2) is 0 Å². The van der Waals surface area contributed by atoms with Crippen LogP contribution in [0.25, 0.3) is 0 Å². The van der Waals surface area contributed by atoms with E-state index in [0.29, 0.717) is 11.7 Å². The number of carbonyl (C=O) groups is 1. The molecule has 0 radical (unpaired) electrons. The Balaban J connectivity index is 2.49. The first-order valence-electron chi connectivity index (χ1n) is 5.18. The van der Waals surface area contributed by atoms with E-state index in [1.54, 1.807) is 0 Å². The van der Waals surface area contributed by atoms with Crippen molar-refractivity contribution in [1.29, 1.82) is 0 Å². The molecule has 0 heterocycles. The molecule has 2 nitrogen and oxygen atoms in total. The zero-order valence-electron chi connectivity index (χ0n) is 8.97. The summed E-state index contributed by atoms with van der Waals surface area (Å²) in [6, 6.07) is 0.237. The first-order chi connectivity index (χ1) is 5.91. The molecule has 0 bridgehead atoms. The maximum Gasteiger partial charge on any atom is 0.132 e. The molecular weight excluding hydrogens is 162 g/mol. The number of nitrogens with two attached hydrogens (primary N) is 1. The van der Waals surface area contributed by atoms with E-state index in [0.717, 1.165) is 25.7 Å². The molecule has 0 aromatic rings. The summed E-state index contributed by atoms with van der Waals surface area (Å²) in [6.45, 7) is 6.52. The van der Waals surface area contributed by atoms with Crippen LogP contribution >= 0.6 is 0 Å². The van der Waals surface area contributed by atoms with E-state index in [1.807, 2.05) is 0 Å². The van der Waals surface area contributed by atoms with Crippen molar-refractivity contribution >= 4 is 5.78 Å². The fourth-order valence-electron chi connectivity index (χ4n) is 2.03. The van der Waals surface area contributed by atoms with Gasteiger partial charge in [0.2, 0.25) is 0 Å². The summed E-state index contributed by atoms with van der Waals surface area (Å²) >= 11 is 0. The second-order valence-corrected chi connectivity index (χ2v) is 5.27. The van der Waals surface area contributed by atoms with E-state index in [1.165, 1.54) is 0 Å². The summed E-state index contributed by atoms with van der Waals surface area (Å²) in [5.74, 6) is 0.968. The molecular formula is C11H21NO. The van der Waals surface area contributed by atoms with E-state index in [-0.39, 0.29) is 11.5 Å². The Morgan fingerprint density at radius 2 is 1.77 bits per heavy atom. The molecule has 1 atom stereocenters. The van der Waals surface area contributed by atoms with Crippen LogP contribution in [0.2, 0.25) is 0 Å². The average Bonchev–Trinajstić information content (AvgIpc) is 2.03. The van der Waals surface area contributed by atoms with Gasteiger partial charge in [-0.15, -0.1) is 0 Å². The molecule has 0 saturated heterocycles. The second kappa shape index (κ2) is 3.79. The smallest absolute Gasteiger partial charge is 0.132 e.